The molecule has 1 aliphatic rings. The fraction of sp³-hybridized carbons (Fsp3) is 0.562. The highest BCUT2D eigenvalue weighted by Crippen LogP contribution is 2.22. The van der Waals surface area contributed by atoms with Gasteiger partial charge in [0.15, 0.2) is 0 Å². The van der Waals surface area contributed by atoms with E-state index in [1.54, 1.807) is 7.11 Å². The lowest BCUT2D eigenvalue weighted by Gasteiger charge is -2.22. The van der Waals surface area contributed by atoms with Crippen LogP contribution in [0.15, 0.2) is 24.3 Å². The van der Waals surface area contributed by atoms with E-state index in [1.807, 2.05) is 29.2 Å². The summed E-state index contributed by atoms with van der Waals surface area (Å²) in [4.78, 5) is 14.3. The first-order valence-electron chi connectivity index (χ1n) is 7.33. The zero-order valence-electron chi connectivity index (χ0n) is 12.4. The third-order valence-electron chi connectivity index (χ3n) is 3.86. The number of carbonyl (C=O) groups is 1. The van der Waals surface area contributed by atoms with Gasteiger partial charge in [-0.2, -0.15) is 0 Å². The number of hydrogen-bond donors (Lipinski definition) is 1. The predicted molar refractivity (Wildman–Crippen MR) is 80.1 cm³/mol. The molecule has 4 nitrogen and oxygen atoms in total. The van der Waals surface area contributed by atoms with Crippen molar-refractivity contribution in [3.63, 3.8) is 0 Å². The maximum atomic E-state index is 12.3. The van der Waals surface area contributed by atoms with Crippen LogP contribution >= 0.6 is 0 Å². The Morgan fingerprint density at radius 1 is 1.30 bits per heavy atom. The molecule has 1 atom stereocenters. The summed E-state index contributed by atoms with van der Waals surface area (Å²) >= 11 is 0. The molecule has 0 radical (unpaired) electrons. The van der Waals surface area contributed by atoms with Crippen LogP contribution in [0.2, 0.25) is 0 Å². The lowest BCUT2D eigenvalue weighted by molar-refractivity contribution is -0.131. The van der Waals surface area contributed by atoms with Gasteiger partial charge in [0.05, 0.1) is 7.11 Å². The molecule has 1 aromatic rings. The van der Waals surface area contributed by atoms with Gasteiger partial charge in [-0.25, -0.2) is 0 Å². The number of carbonyl (C=O) groups excluding carboxylic acids is 1. The van der Waals surface area contributed by atoms with Crippen LogP contribution in [-0.4, -0.2) is 44.1 Å². The van der Waals surface area contributed by atoms with Gasteiger partial charge in [-0.1, -0.05) is 19.1 Å². The monoisotopic (exact) mass is 276 g/mol. The second-order valence-corrected chi connectivity index (χ2v) is 5.36. The van der Waals surface area contributed by atoms with Gasteiger partial charge >= 0.3 is 0 Å². The van der Waals surface area contributed by atoms with Gasteiger partial charge in [-0.05, 0) is 36.6 Å². The van der Waals surface area contributed by atoms with Crippen LogP contribution in [-0.2, 0) is 4.79 Å². The summed E-state index contributed by atoms with van der Waals surface area (Å²) in [6.45, 7) is 5.73. The van der Waals surface area contributed by atoms with Crippen LogP contribution in [0, 0.1) is 0 Å². The molecule has 0 aromatic heterocycles. The number of nitrogens with one attached hydrogen (secondary N) is 1. The molecule has 1 unspecified atom stereocenters. The minimum Gasteiger partial charge on any atom is -0.497 e. The van der Waals surface area contributed by atoms with E-state index >= 15 is 0 Å². The second-order valence-electron chi connectivity index (χ2n) is 5.36. The third kappa shape index (κ3) is 3.97. The minimum atomic E-state index is 0.240. The van der Waals surface area contributed by atoms with Crippen molar-refractivity contribution in [2.75, 3.05) is 33.3 Å². The highest BCUT2D eigenvalue weighted by atomic mass is 16.5. The van der Waals surface area contributed by atoms with Crippen molar-refractivity contribution in [3.05, 3.63) is 29.8 Å². The molecular weight excluding hydrogens is 252 g/mol. The third-order valence-corrected chi connectivity index (χ3v) is 3.86. The smallest absolute Gasteiger partial charge is 0.223 e. The largest absolute Gasteiger partial charge is 0.497 e. The summed E-state index contributed by atoms with van der Waals surface area (Å²) in [5.74, 6) is 1.35. The Bertz CT molecular complexity index is 423. The second kappa shape index (κ2) is 7.29. The Balaban J connectivity index is 1.91. The van der Waals surface area contributed by atoms with Gasteiger partial charge in [-0.3, -0.25) is 4.79 Å². The molecule has 0 bridgehead atoms. The first kappa shape index (κ1) is 14.9. The quantitative estimate of drug-likeness (QED) is 0.914. The van der Waals surface area contributed by atoms with Crippen molar-refractivity contribution in [2.24, 2.45) is 0 Å². The highest BCUT2D eigenvalue weighted by molar-refractivity contribution is 5.77. The Hall–Kier alpha value is -1.55. The van der Waals surface area contributed by atoms with Gasteiger partial charge in [-0.15, -0.1) is 0 Å². The molecule has 0 spiro atoms. The standard InChI is InChI=1S/C16H24N2O2/c1-13(14-4-6-15(20-2)7-5-14)12-16(19)18-10-3-8-17-9-11-18/h4-7,13,17H,3,8-12H2,1-2H3. The number of amides is 1. The topological polar surface area (TPSA) is 41.6 Å². The van der Waals surface area contributed by atoms with E-state index in [1.165, 1.54) is 5.56 Å². The maximum absolute atomic E-state index is 12.3. The first-order chi connectivity index (χ1) is 9.70. The number of benzene rings is 1. The maximum Gasteiger partial charge on any atom is 0.223 e. The Labute approximate surface area is 121 Å². The van der Waals surface area contributed by atoms with Crippen molar-refractivity contribution >= 4 is 5.91 Å². The van der Waals surface area contributed by atoms with E-state index in [0.717, 1.165) is 38.3 Å². The van der Waals surface area contributed by atoms with Gasteiger partial charge < -0.3 is 15.0 Å². The summed E-state index contributed by atoms with van der Waals surface area (Å²) < 4.78 is 5.16. The molecule has 110 valence electrons. The molecule has 20 heavy (non-hydrogen) atoms. The van der Waals surface area contributed by atoms with E-state index in [0.29, 0.717) is 6.42 Å². The van der Waals surface area contributed by atoms with E-state index in [-0.39, 0.29) is 11.8 Å². The fourth-order valence-electron chi connectivity index (χ4n) is 2.54. The average molecular weight is 276 g/mol. The van der Waals surface area contributed by atoms with E-state index in [4.69, 9.17) is 4.74 Å². The highest BCUT2D eigenvalue weighted by Gasteiger charge is 2.18. The predicted octanol–water partition coefficient (Wildman–Crippen LogP) is 2.01. The van der Waals surface area contributed by atoms with Gasteiger partial charge in [0.2, 0.25) is 5.91 Å². The summed E-state index contributed by atoms with van der Waals surface area (Å²) in [5, 5.41) is 3.32. The SMILES string of the molecule is COc1ccc(C(C)CC(=O)N2CCCNCC2)cc1. The van der Waals surface area contributed by atoms with Crippen LogP contribution in [0.25, 0.3) is 0 Å². The first-order valence-corrected chi connectivity index (χ1v) is 7.33. The Kier molecular flexibility index (Phi) is 5.41. The molecule has 1 aliphatic heterocycles. The van der Waals surface area contributed by atoms with Crippen molar-refractivity contribution in [1.29, 1.82) is 0 Å². The Morgan fingerprint density at radius 2 is 2.05 bits per heavy atom. The molecule has 1 fully saturated rings. The van der Waals surface area contributed by atoms with Crippen LogP contribution in [0.3, 0.4) is 0 Å². The number of rotatable bonds is 4. The summed E-state index contributed by atoms with van der Waals surface area (Å²) in [6.07, 6.45) is 1.62. The number of ether oxygens (including phenoxy) is 1. The molecule has 0 saturated carbocycles. The average Bonchev–Trinajstić information content (AvgIpc) is 2.76. The molecule has 2 rings (SSSR count). The molecule has 0 aliphatic carbocycles. The lowest BCUT2D eigenvalue weighted by Crippen LogP contribution is -2.34. The Morgan fingerprint density at radius 3 is 2.75 bits per heavy atom. The summed E-state index contributed by atoms with van der Waals surface area (Å²) in [6, 6.07) is 7.99. The lowest BCUT2D eigenvalue weighted by atomic mass is 9.97. The van der Waals surface area contributed by atoms with E-state index < -0.39 is 0 Å². The number of hydrogen-bond acceptors (Lipinski definition) is 3. The molecule has 4 heteroatoms. The van der Waals surface area contributed by atoms with E-state index in [2.05, 4.69) is 12.2 Å². The molecule has 1 aromatic carbocycles. The number of methoxy groups -OCH3 is 1. The van der Waals surface area contributed by atoms with Crippen LogP contribution in [0.4, 0.5) is 0 Å². The van der Waals surface area contributed by atoms with Gasteiger partial charge in [0.25, 0.3) is 0 Å². The summed E-state index contributed by atoms with van der Waals surface area (Å²) in [7, 11) is 1.66. The van der Waals surface area contributed by atoms with Crippen LogP contribution in [0.5, 0.6) is 5.75 Å². The molecule has 1 heterocycles. The van der Waals surface area contributed by atoms with Crippen molar-refractivity contribution in [2.45, 2.75) is 25.7 Å². The zero-order valence-corrected chi connectivity index (χ0v) is 12.4. The molecule has 1 saturated heterocycles. The molecule has 1 N–H and O–H groups in total. The van der Waals surface area contributed by atoms with Crippen molar-refractivity contribution in [3.8, 4) is 5.75 Å². The van der Waals surface area contributed by atoms with Gasteiger partial charge in [0, 0.05) is 26.1 Å². The normalized spacial score (nSPS) is 17.4. The minimum absolute atomic E-state index is 0.240. The van der Waals surface area contributed by atoms with E-state index in [9.17, 15) is 4.79 Å². The van der Waals surface area contributed by atoms with Crippen LogP contribution in [0.1, 0.15) is 31.2 Å². The van der Waals surface area contributed by atoms with Crippen molar-refractivity contribution in [1.82, 2.24) is 10.2 Å². The van der Waals surface area contributed by atoms with Gasteiger partial charge in [0.1, 0.15) is 5.75 Å². The molecule has 1 amide bonds. The van der Waals surface area contributed by atoms with Crippen molar-refractivity contribution < 1.29 is 9.53 Å². The van der Waals surface area contributed by atoms with Crippen LogP contribution < -0.4 is 10.1 Å². The zero-order chi connectivity index (χ0) is 14.4. The number of nitrogens with zero attached hydrogens (tertiary/aromatic N) is 1. The summed E-state index contributed by atoms with van der Waals surface area (Å²) in [5.41, 5.74) is 1.19. The fourth-order valence-corrected chi connectivity index (χ4v) is 2.54. The molecular formula is C16H24N2O2.